The molecule has 1 fully saturated rings. The van der Waals surface area contributed by atoms with E-state index in [0.717, 1.165) is 25.3 Å². The fourth-order valence-electron chi connectivity index (χ4n) is 5.37. The highest BCUT2D eigenvalue weighted by molar-refractivity contribution is 5.84. The Morgan fingerprint density at radius 1 is 1.05 bits per heavy atom. The van der Waals surface area contributed by atoms with Crippen molar-refractivity contribution in [2.45, 2.75) is 32.6 Å². The molecule has 40 heavy (non-hydrogen) atoms. The molecule has 1 aliphatic heterocycles. The van der Waals surface area contributed by atoms with Crippen LogP contribution in [0.5, 0.6) is 5.75 Å². The van der Waals surface area contributed by atoms with Crippen LogP contribution in [-0.2, 0) is 7.05 Å². The molecule has 2 N–H and O–H groups in total. The topological polar surface area (TPSA) is 122 Å². The Bertz CT molecular complexity index is 1740. The number of phenolic OH excluding ortho intramolecular Hbond substituents is 1. The van der Waals surface area contributed by atoms with Gasteiger partial charge >= 0.3 is 0 Å². The maximum absolute atomic E-state index is 13.3. The Morgan fingerprint density at radius 2 is 1.82 bits per heavy atom. The van der Waals surface area contributed by atoms with Crippen LogP contribution in [0.15, 0.2) is 64.0 Å². The zero-order chi connectivity index (χ0) is 27.8. The molecule has 1 saturated heterocycles. The molecular weight excluding hydrogens is 506 g/mol. The molecule has 2 aromatic carbocycles. The Hall–Kier alpha value is -4.57. The molecule has 0 amide bonds. The highest BCUT2D eigenvalue weighted by Gasteiger charge is 2.20. The van der Waals surface area contributed by atoms with Crippen LogP contribution in [0.4, 0.5) is 11.6 Å². The molecule has 0 radical (unpaired) electrons. The lowest BCUT2D eigenvalue weighted by atomic mass is 9.89. The van der Waals surface area contributed by atoms with Crippen molar-refractivity contribution in [3.8, 4) is 28.3 Å². The lowest BCUT2D eigenvalue weighted by Crippen LogP contribution is -2.32. The monoisotopic (exact) mass is 537 g/mol. The van der Waals surface area contributed by atoms with Gasteiger partial charge in [0.05, 0.1) is 5.56 Å². The first-order valence-corrected chi connectivity index (χ1v) is 13.5. The molecule has 10 heteroatoms. The SMILES string of the molecule is CCN1CCC(c2ccc(Nc3ncc4cc(-c5ccc(-c6noc(C)n6)cc5O)c(=O)n(C)c4n3)cc2)CC1. The quantitative estimate of drug-likeness (QED) is 0.308. The second-order valence-corrected chi connectivity index (χ2v) is 10.2. The molecule has 10 nitrogen and oxygen atoms in total. The standard InChI is InChI=1S/C30H31N7O3/c1-4-37-13-11-20(12-14-37)19-5-8-23(9-6-19)33-30-31-17-22-15-25(29(39)36(3)28(22)34-30)24-10-7-21(16-26(24)38)27-32-18(2)40-35-27/h5-10,15-17,20,38H,4,11-14H2,1-3H3,(H,31,33,34). The number of likely N-dealkylation sites (tertiary alicyclic amines) is 1. The van der Waals surface area contributed by atoms with Crippen molar-refractivity contribution in [2.75, 3.05) is 25.0 Å². The van der Waals surface area contributed by atoms with Crippen molar-refractivity contribution in [1.29, 1.82) is 0 Å². The van der Waals surface area contributed by atoms with Gasteiger partial charge in [0.2, 0.25) is 17.7 Å². The highest BCUT2D eigenvalue weighted by atomic mass is 16.5. The fourth-order valence-corrected chi connectivity index (χ4v) is 5.37. The third-order valence-corrected chi connectivity index (χ3v) is 7.70. The first-order valence-electron chi connectivity index (χ1n) is 13.5. The smallest absolute Gasteiger partial charge is 0.259 e. The van der Waals surface area contributed by atoms with Gasteiger partial charge in [-0.3, -0.25) is 9.36 Å². The number of aryl methyl sites for hydroxylation is 2. The van der Waals surface area contributed by atoms with E-state index in [2.05, 4.69) is 61.5 Å². The van der Waals surface area contributed by atoms with Gasteiger partial charge in [-0.2, -0.15) is 9.97 Å². The molecule has 5 aromatic rings. The number of aromatic hydroxyl groups is 1. The second-order valence-electron chi connectivity index (χ2n) is 10.2. The summed E-state index contributed by atoms with van der Waals surface area (Å²) in [5, 5.41) is 18.6. The largest absolute Gasteiger partial charge is 0.507 e. The molecule has 0 bridgehead atoms. The maximum Gasteiger partial charge on any atom is 0.259 e. The van der Waals surface area contributed by atoms with Gasteiger partial charge < -0.3 is 19.8 Å². The normalized spacial score (nSPS) is 14.6. The van der Waals surface area contributed by atoms with E-state index in [1.165, 1.54) is 29.0 Å². The number of hydrogen-bond donors (Lipinski definition) is 2. The summed E-state index contributed by atoms with van der Waals surface area (Å²) in [4.78, 5) is 29.1. The van der Waals surface area contributed by atoms with Crippen molar-refractivity contribution in [3.63, 3.8) is 0 Å². The molecule has 4 heterocycles. The van der Waals surface area contributed by atoms with Gasteiger partial charge in [-0.1, -0.05) is 30.3 Å². The number of pyridine rings is 1. The van der Waals surface area contributed by atoms with Gasteiger partial charge in [0, 0.05) is 42.4 Å². The lowest BCUT2D eigenvalue weighted by Gasteiger charge is -2.31. The van der Waals surface area contributed by atoms with Crippen molar-refractivity contribution >= 4 is 22.7 Å². The third-order valence-electron chi connectivity index (χ3n) is 7.70. The van der Waals surface area contributed by atoms with Crippen LogP contribution in [0.2, 0.25) is 0 Å². The summed E-state index contributed by atoms with van der Waals surface area (Å²) in [6.07, 6.45) is 4.05. The first kappa shape index (κ1) is 25.7. The van der Waals surface area contributed by atoms with E-state index in [4.69, 9.17) is 4.52 Å². The van der Waals surface area contributed by atoms with E-state index in [0.29, 0.717) is 51.3 Å². The number of fused-ring (bicyclic) bond motifs is 1. The summed E-state index contributed by atoms with van der Waals surface area (Å²) in [5.41, 5.74) is 3.78. The van der Waals surface area contributed by atoms with Crippen molar-refractivity contribution in [3.05, 3.63) is 76.5 Å². The molecule has 204 valence electrons. The number of rotatable bonds is 6. The van der Waals surface area contributed by atoms with Crippen molar-refractivity contribution < 1.29 is 9.63 Å². The predicted octanol–water partition coefficient (Wildman–Crippen LogP) is 5.00. The van der Waals surface area contributed by atoms with Gasteiger partial charge in [0.15, 0.2) is 0 Å². The van der Waals surface area contributed by atoms with Crippen molar-refractivity contribution in [2.24, 2.45) is 7.05 Å². The molecule has 1 aliphatic rings. The number of nitrogens with one attached hydrogen (secondary N) is 1. The van der Waals surface area contributed by atoms with Gasteiger partial charge in [0.25, 0.3) is 5.56 Å². The van der Waals surface area contributed by atoms with Crippen LogP contribution in [0.1, 0.15) is 37.1 Å². The van der Waals surface area contributed by atoms with Crippen LogP contribution in [-0.4, -0.2) is 54.3 Å². The third kappa shape index (κ3) is 4.93. The number of nitrogens with zero attached hydrogens (tertiary/aromatic N) is 6. The summed E-state index contributed by atoms with van der Waals surface area (Å²) < 4.78 is 6.50. The average Bonchev–Trinajstić information content (AvgIpc) is 3.42. The van der Waals surface area contributed by atoms with Crippen LogP contribution in [0.25, 0.3) is 33.5 Å². The number of benzene rings is 2. The Morgan fingerprint density at radius 3 is 2.50 bits per heavy atom. The minimum atomic E-state index is -0.283. The molecule has 0 aliphatic carbocycles. The highest BCUT2D eigenvalue weighted by Crippen LogP contribution is 2.33. The van der Waals surface area contributed by atoms with E-state index in [1.807, 2.05) is 0 Å². The summed E-state index contributed by atoms with van der Waals surface area (Å²) >= 11 is 0. The van der Waals surface area contributed by atoms with Crippen LogP contribution < -0.4 is 10.9 Å². The predicted molar refractivity (Wildman–Crippen MR) is 154 cm³/mol. The lowest BCUT2D eigenvalue weighted by molar-refractivity contribution is 0.222. The van der Waals surface area contributed by atoms with Crippen molar-refractivity contribution in [1.82, 2.24) is 29.6 Å². The fraction of sp³-hybridized carbons (Fsp3) is 0.300. The summed E-state index contributed by atoms with van der Waals surface area (Å²) in [6.45, 7) is 7.33. The summed E-state index contributed by atoms with van der Waals surface area (Å²) in [5.74, 6) is 1.73. The maximum atomic E-state index is 13.3. The zero-order valence-electron chi connectivity index (χ0n) is 22.8. The minimum absolute atomic E-state index is 0.0602. The molecule has 0 spiro atoms. The van der Waals surface area contributed by atoms with Crippen LogP contribution in [0, 0.1) is 6.92 Å². The number of hydrogen-bond acceptors (Lipinski definition) is 9. The number of aromatic nitrogens is 5. The van der Waals surface area contributed by atoms with Gasteiger partial charge in [-0.25, -0.2) is 4.98 Å². The Labute approximate surface area is 231 Å². The van der Waals surface area contributed by atoms with Gasteiger partial charge in [-0.05, 0) is 74.3 Å². The van der Waals surface area contributed by atoms with E-state index in [9.17, 15) is 9.90 Å². The number of phenols is 1. The number of anilines is 2. The van der Waals surface area contributed by atoms with E-state index >= 15 is 0 Å². The van der Waals surface area contributed by atoms with Gasteiger partial charge in [0.1, 0.15) is 11.4 Å². The molecule has 3 aromatic heterocycles. The van der Waals surface area contributed by atoms with E-state index in [-0.39, 0.29) is 11.3 Å². The zero-order valence-corrected chi connectivity index (χ0v) is 22.8. The Balaban J connectivity index is 1.24. The van der Waals surface area contributed by atoms with Crippen LogP contribution >= 0.6 is 0 Å². The molecule has 0 unspecified atom stereocenters. The second kappa shape index (κ2) is 10.5. The summed E-state index contributed by atoms with van der Waals surface area (Å²) in [6, 6.07) is 15.1. The molecule has 0 atom stereocenters. The van der Waals surface area contributed by atoms with Crippen LogP contribution in [0.3, 0.4) is 0 Å². The average molecular weight is 538 g/mol. The number of piperidine rings is 1. The first-order chi connectivity index (χ1) is 19.4. The minimum Gasteiger partial charge on any atom is -0.507 e. The van der Waals surface area contributed by atoms with E-state index in [1.54, 1.807) is 38.4 Å². The molecule has 0 saturated carbocycles. The Kier molecular flexibility index (Phi) is 6.77. The van der Waals surface area contributed by atoms with Gasteiger partial charge in [-0.15, -0.1) is 0 Å². The molecular formula is C30H31N7O3. The molecule has 6 rings (SSSR count). The summed E-state index contributed by atoms with van der Waals surface area (Å²) in [7, 11) is 1.66. The van der Waals surface area contributed by atoms with E-state index < -0.39 is 0 Å².